The average Bonchev–Trinajstić information content (AvgIpc) is 2.45. The third-order valence-electron chi connectivity index (χ3n) is 2.82. The molecule has 0 aromatic rings. The van der Waals surface area contributed by atoms with Crippen LogP contribution in [0.4, 0.5) is 4.79 Å². The van der Waals surface area contributed by atoms with Crippen LogP contribution in [0.5, 0.6) is 0 Å². The maximum atomic E-state index is 9.82. The summed E-state index contributed by atoms with van der Waals surface area (Å²) in [6, 6.07) is 0. The molecular weight excluding hydrogens is 284 g/mol. The van der Waals surface area contributed by atoms with Crippen LogP contribution in [0.2, 0.25) is 0 Å². The average molecular weight is 312 g/mol. The molecule has 1 aliphatic heterocycles. The Morgan fingerprint density at radius 1 is 1.36 bits per heavy atom. The fraction of sp³-hybridized carbons (Fsp3) is 0.600. The molecule has 1 heterocycles. The van der Waals surface area contributed by atoms with Crippen molar-refractivity contribution in [1.82, 2.24) is 9.80 Å². The number of nitrogens with zero attached hydrogens (tertiary/aromatic N) is 3. The largest absolute Gasteiger partial charge is 0.465 e. The van der Waals surface area contributed by atoms with Crippen molar-refractivity contribution in [1.29, 1.82) is 0 Å². The van der Waals surface area contributed by atoms with Crippen molar-refractivity contribution in [2.24, 2.45) is 10.7 Å². The van der Waals surface area contributed by atoms with Crippen LogP contribution >= 0.6 is 0 Å². The fourth-order valence-electron chi connectivity index (χ4n) is 1.68. The van der Waals surface area contributed by atoms with Crippen molar-refractivity contribution in [3.8, 4) is 0 Å². The quantitative estimate of drug-likeness (QED) is 0.713. The Balaban J connectivity index is 0.000000626. The van der Waals surface area contributed by atoms with Gasteiger partial charge in [-0.2, -0.15) is 0 Å². The van der Waals surface area contributed by atoms with Crippen LogP contribution in [0.15, 0.2) is 29.0 Å². The molecule has 1 aliphatic rings. The second kappa shape index (κ2) is 10.7. The van der Waals surface area contributed by atoms with Crippen molar-refractivity contribution in [3.05, 3.63) is 24.0 Å². The number of carboxylic acid groups (broad SMARTS) is 1. The van der Waals surface area contributed by atoms with Crippen LogP contribution in [-0.2, 0) is 0 Å². The van der Waals surface area contributed by atoms with Crippen molar-refractivity contribution in [2.45, 2.75) is 32.8 Å². The molecule has 7 nitrogen and oxygen atoms in total. The molecule has 0 fully saturated rings. The zero-order chi connectivity index (χ0) is 17.1. The van der Waals surface area contributed by atoms with Gasteiger partial charge in [0.25, 0.3) is 0 Å². The summed E-state index contributed by atoms with van der Waals surface area (Å²) in [5.74, 6) is 0.265. The van der Waals surface area contributed by atoms with E-state index >= 15 is 0 Å². The van der Waals surface area contributed by atoms with Crippen molar-refractivity contribution < 1.29 is 15.0 Å². The lowest BCUT2D eigenvalue weighted by Gasteiger charge is -2.22. The number of amidine groups is 1. The van der Waals surface area contributed by atoms with Gasteiger partial charge in [0.1, 0.15) is 11.9 Å². The zero-order valence-corrected chi connectivity index (χ0v) is 13.9. The smallest absolute Gasteiger partial charge is 0.406 e. The third-order valence-corrected chi connectivity index (χ3v) is 2.82. The second-order valence-corrected chi connectivity index (χ2v) is 5.11. The number of amides is 1. The van der Waals surface area contributed by atoms with Crippen LogP contribution in [-0.4, -0.2) is 65.2 Å². The van der Waals surface area contributed by atoms with E-state index in [4.69, 9.17) is 10.8 Å². The summed E-state index contributed by atoms with van der Waals surface area (Å²) in [6.07, 6.45) is 5.93. The summed E-state index contributed by atoms with van der Waals surface area (Å²) in [6.45, 7) is 6.28. The van der Waals surface area contributed by atoms with Gasteiger partial charge in [-0.3, -0.25) is 0 Å². The van der Waals surface area contributed by atoms with Gasteiger partial charge in [0.15, 0.2) is 0 Å². The zero-order valence-electron chi connectivity index (χ0n) is 13.9. The molecule has 0 saturated carbocycles. The van der Waals surface area contributed by atoms with E-state index in [9.17, 15) is 9.90 Å². The van der Waals surface area contributed by atoms with Crippen LogP contribution in [0, 0.1) is 0 Å². The van der Waals surface area contributed by atoms with Gasteiger partial charge in [-0.05, 0) is 18.9 Å². The van der Waals surface area contributed by atoms with Gasteiger partial charge >= 0.3 is 6.09 Å². The normalized spacial score (nSPS) is 18.3. The predicted octanol–water partition coefficient (Wildman–Crippen LogP) is 1.46. The summed E-state index contributed by atoms with van der Waals surface area (Å²) < 4.78 is 0. The van der Waals surface area contributed by atoms with Gasteiger partial charge in [0, 0.05) is 45.2 Å². The highest BCUT2D eigenvalue weighted by Crippen LogP contribution is 2.12. The van der Waals surface area contributed by atoms with E-state index in [1.807, 2.05) is 6.20 Å². The molecule has 1 amide bonds. The highest BCUT2D eigenvalue weighted by Gasteiger charge is 2.16. The third kappa shape index (κ3) is 7.68. The monoisotopic (exact) mass is 312 g/mol. The molecule has 126 valence electrons. The van der Waals surface area contributed by atoms with Crippen molar-refractivity contribution in [3.63, 3.8) is 0 Å². The second-order valence-electron chi connectivity index (χ2n) is 5.11. The molecule has 1 unspecified atom stereocenters. The highest BCUT2D eigenvalue weighted by molar-refractivity contribution is 5.89. The molecule has 4 N–H and O–H groups in total. The number of aliphatic hydroxyl groups is 1. The SMILES string of the molecule is CCCN(C=C1C=CN=C(N)C1O)CCC.CN(C)C(=O)O. The van der Waals surface area contributed by atoms with E-state index < -0.39 is 12.2 Å². The number of hydrogen-bond acceptors (Lipinski definition) is 5. The lowest BCUT2D eigenvalue weighted by molar-refractivity contribution is 0.165. The summed E-state index contributed by atoms with van der Waals surface area (Å²) in [5.41, 5.74) is 6.40. The molecule has 7 heteroatoms. The molecule has 1 rings (SSSR count). The standard InChI is InChI=1S/C12H21N3O.C3H7NO2/c1-3-7-15(8-4-2)9-10-5-6-14-12(13)11(10)16;1-4(2)3(5)6/h5-6,9,11,16H,3-4,7-8H2,1-2H3,(H2,13,14);1-2H3,(H,5,6). The highest BCUT2D eigenvalue weighted by atomic mass is 16.4. The number of aliphatic hydroxyl groups excluding tert-OH is 1. The Kier molecular flexibility index (Phi) is 9.69. The summed E-state index contributed by atoms with van der Waals surface area (Å²) in [7, 11) is 2.95. The van der Waals surface area contributed by atoms with E-state index in [1.165, 1.54) is 14.1 Å². The Hall–Kier alpha value is -2.02. The Morgan fingerprint density at radius 3 is 2.27 bits per heavy atom. The van der Waals surface area contributed by atoms with Gasteiger partial charge in [-0.25, -0.2) is 9.79 Å². The summed E-state index contributed by atoms with van der Waals surface area (Å²) in [4.78, 5) is 16.8. The molecule has 0 saturated heterocycles. The van der Waals surface area contributed by atoms with Crippen LogP contribution in [0.25, 0.3) is 0 Å². The van der Waals surface area contributed by atoms with Gasteiger partial charge in [-0.15, -0.1) is 0 Å². The molecule has 0 aromatic carbocycles. The van der Waals surface area contributed by atoms with Gasteiger partial charge < -0.3 is 25.7 Å². The van der Waals surface area contributed by atoms with Crippen molar-refractivity contribution >= 4 is 11.9 Å². The van der Waals surface area contributed by atoms with Crippen LogP contribution in [0.3, 0.4) is 0 Å². The minimum Gasteiger partial charge on any atom is -0.465 e. The van der Waals surface area contributed by atoms with E-state index in [-0.39, 0.29) is 5.84 Å². The lowest BCUT2D eigenvalue weighted by atomic mass is 10.1. The molecular formula is C15H28N4O3. The molecule has 1 atom stereocenters. The van der Waals surface area contributed by atoms with Gasteiger partial charge in [-0.1, -0.05) is 13.8 Å². The van der Waals surface area contributed by atoms with Gasteiger partial charge in [0.05, 0.1) is 0 Å². The number of hydrogen-bond donors (Lipinski definition) is 3. The minimum atomic E-state index is -0.907. The van der Waals surface area contributed by atoms with Crippen LogP contribution in [0.1, 0.15) is 26.7 Å². The molecule has 0 bridgehead atoms. The number of rotatable bonds is 5. The maximum absolute atomic E-state index is 9.82. The van der Waals surface area contributed by atoms with E-state index in [0.717, 1.165) is 36.4 Å². The predicted molar refractivity (Wildman–Crippen MR) is 88.7 cm³/mol. The number of carbonyl (C=O) groups is 1. The Labute approximate surface area is 132 Å². The Bertz CT molecular complexity index is 425. The maximum Gasteiger partial charge on any atom is 0.406 e. The lowest BCUT2D eigenvalue weighted by Crippen LogP contribution is -2.32. The summed E-state index contributed by atoms with van der Waals surface area (Å²) >= 11 is 0. The Morgan fingerprint density at radius 2 is 1.86 bits per heavy atom. The van der Waals surface area contributed by atoms with E-state index in [2.05, 4.69) is 23.7 Å². The number of nitrogens with two attached hydrogens (primary N) is 1. The van der Waals surface area contributed by atoms with Crippen LogP contribution < -0.4 is 5.73 Å². The van der Waals surface area contributed by atoms with Crippen molar-refractivity contribution in [2.75, 3.05) is 27.2 Å². The summed E-state index contributed by atoms with van der Waals surface area (Å²) in [5, 5.41) is 17.7. The first-order valence-corrected chi connectivity index (χ1v) is 7.37. The fourth-order valence-corrected chi connectivity index (χ4v) is 1.68. The van der Waals surface area contributed by atoms with Gasteiger partial charge in [0.2, 0.25) is 0 Å². The molecule has 22 heavy (non-hydrogen) atoms. The first-order chi connectivity index (χ1) is 10.3. The minimum absolute atomic E-state index is 0.265. The molecule has 0 radical (unpaired) electrons. The molecule has 0 spiro atoms. The molecule has 0 aromatic heterocycles. The number of aliphatic imine (C=N–C) groups is 1. The first kappa shape index (κ1) is 20.0. The first-order valence-electron chi connectivity index (χ1n) is 7.37. The topological polar surface area (TPSA) is 102 Å². The molecule has 0 aliphatic carbocycles. The van der Waals surface area contributed by atoms with E-state index in [1.54, 1.807) is 12.3 Å². The van der Waals surface area contributed by atoms with E-state index in [0.29, 0.717) is 0 Å².